The number of ether oxygens (including phenoxy) is 1. The molecule has 0 aliphatic carbocycles. The number of hydrogen-bond acceptors (Lipinski definition) is 2. The molecule has 0 amide bonds. The monoisotopic (exact) mass is 441 g/mol. The third-order valence-electron chi connectivity index (χ3n) is 3.37. The quantitative estimate of drug-likeness (QED) is 0.422. The molecule has 0 unspecified atom stereocenters. The number of benzene rings is 2. The van der Waals surface area contributed by atoms with E-state index in [1.54, 1.807) is 7.11 Å². The molecule has 24 heavy (non-hydrogen) atoms. The lowest BCUT2D eigenvalue weighted by molar-refractivity contribution is 0.415. The molecule has 0 fully saturated rings. The Morgan fingerprint density at radius 2 is 1.75 bits per heavy atom. The molecule has 5 heteroatoms. The van der Waals surface area contributed by atoms with Gasteiger partial charge in [0.25, 0.3) is 0 Å². The molecule has 2 N–H and O–H groups in total. The highest BCUT2D eigenvalue weighted by Crippen LogP contribution is 2.22. The summed E-state index contributed by atoms with van der Waals surface area (Å²) in [5, 5.41) is 9.06. The second-order valence-corrected chi connectivity index (χ2v) is 6.62. The number of rotatable bonds is 4. The van der Waals surface area contributed by atoms with Crippen LogP contribution in [0.5, 0.6) is 5.75 Å². The van der Waals surface area contributed by atoms with Crippen LogP contribution < -0.4 is 15.4 Å². The van der Waals surface area contributed by atoms with E-state index in [2.05, 4.69) is 67.6 Å². The Bertz CT molecular complexity index is 693. The van der Waals surface area contributed by atoms with Crippen molar-refractivity contribution >= 4 is 40.7 Å². The molecule has 0 atom stereocenters. The Morgan fingerprint density at radius 3 is 2.38 bits per heavy atom. The molecule has 0 spiro atoms. The first-order valence-corrected chi connectivity index (χ1v) is 8.04. The van der Waals surface area contributed by atoms with Crippen molar-refractivity contribution < 1.29 is 4.74 Å². The Kier molecular flexibility index (Phi) is 7.79. The molecule has 2 aromatic rings. The molecule has 0 bridgehead atoms. The zero-order valence-corrected chi connectivity index (χ0v) is 17.5. The summed E-state index contributed by atoms with van der Waals surface area (Å²) in [6.45, 7) is 9.95. The highest BCUT2D eigenvalue weighted by Gasteiger charge is 2.11. The standard InChI is InChI=1S/C19H27N3O.HI/c1-6-20-18(22-19(2,3)4)21-13-14-7-8-16-12-17(23-5)10-9-15(16)11-14;/h7-12H,6,13H2,1-5H3,(H2,20,21,22);1H. The van der Waals surface area contributed by atoms with Gasteiger partial charge in [-0.05, 0) is 62.2 Å². The van der Waals surface area contributed by atoms with Crippen LogP contribution >= 0.6 is 24.0 Å². The van der Waals surface area contributed by atoms with E-state index in [-0.39, 0.29) is 29.5 Å². The number of guanidine groups is 1. The van der Waals surface area contributed by atoms with Gasteiger partial charge in [0, 0.05) is 12.1 Å². The maximum absolute atomic E-state index is 5.27. The zero-order chi connectivity index (χ0) is 16.9. The van der Waals surface area contributed by atoms with Crippen molar-refractivity contribution in [1.82, 2.24) is 10.6 Å². The lowest BCUT2D eigenvalue weighted by Crippen LogP contribution is -2.47. The lowest BCUT2D eigenvalue weighted by atomic mass is 10.1. The first-order chi connectivity index (χ1) is 10.9. The van der Waals surface area contributed by atoms with Crippen molar-refractivity contribution in [3.05, 3.63) is 42.0 Å². The van der Waals surface area contributed by atoms with E-state index in [9.17, 15) is 0 Å². The average molecular weight is 441 g/mol. The van der Waals surface area contributed by atoms with E-state index in [0.717, 1.165) is 18.3 Å². The van der Waals surface area contributed by atoms with Gasteiger partial charge in [0.15, 0.2) is 5.96 Å². The van der Waals surface area contributed by atoms with Gasteiger partial charge in [-0.1, -0.05) is 18.2 Å². The van der Waals surface area contributed by atoms with Gasteiger partial charge in [0.05, 0.1) is 13.7 Å². The number of hydrogen-bond donors (Lipinski definition) is 2. The Hall–Kier alpha value is -1.50. The summed E-state index contributed by atoms with van der Waals surface area (Å²) in [6, 6.07) is 12.5. The van der Waals surface area contributed by atoms with Crippen LogP contribution in [0.3, 0.4) is 0 Å². The first-order valence-electron chi connectivity index (χ1n) is 8.04. The topological polar surface area (TPSA) is 45.7 Å². The van der Waals surface area contributed by atoms with Crippen molar-refractivity contribution in [2.75, 3.05) is 13.7 Å². The molecule has 2 rings (SSSR count). The van der Waals surface area contributed by atoms with Crippen LogP contribution in [0.1, 0.15) is 33.3 Å². The first kappa shape index (κ1) is 20.5. The van der Waals surface area contributed by atoms with Gasteiger partial charge >= 0.3 is 0 Å². The minimum Gasteiger partial charge on any atom is -0.497 e. The molecule has 0 aliphatic rings. The van der Waals surface area contributed by atoms with E-state index < -0.39 is 0 Å². The Balaban J connectivity index is 0.00000288. The minimum absolute atomic E-state index is 0. The number of nitrogens with one attached hydrogen (secondary N) is 2. The number of methoxy groups -OCH3 is 1. The van der Waals surface area contributed by atoms with Gasteiger partial charge in [-0.25, -0.2) is 4.99 Å². The van der Waals surface area contributed by atoms with Crippen LogP contribution in [0.4, 0.5) is 0 Å². The molecule has 0 aliphatic heterocycles. The van der Waals surface area contributed by atoms with Gasteiger partial charge in [-0.15, -0.1) is 24.0 Å². The Labute approximate surface area is 162 Å². The fourth-order valence-corrected chi connectivity index (χ4v) is 2.33. The molecular formula is C19H28IN3O. The summed E-state index contributed by atoms with van der Waals surface area (Å²) in [6.07, 6.45) is 0. The third kappa shape index (κ3) is 6.19. The maximum atomic E-state index is 5.27. The van der Waals surface area contributed by atoms with E-state index in [1.165, 1.54) is 16.3 Å². The van der Waals surface area contributed by atoms with Gasteiger partial charge in [0.2, 0.25) is 0 Å². The molecular weight excluding hydrogens is 413 g/mol. The SMILES string of the molecule is CCNC(=NCc1ccc2cc(OC)ccc2c1)NC(C)(C)C.I. The van der Waals surface area contributed by atoms with Crippen LogP contribution in [0.2, 0.25) is 0 Å². The van der Waals surface area contributed by atoms with Crippen molar-refractivity contribution in [2.45, 2.75) is 39.8 Å². The van der Waals surface area contributed by atoms with E-state index in [4.69, 9.17) is 4.74 Å². The second kappa shape index (κ2) is 9.11. The summed E-state index contributed by atoms with van der Waals surface area (Å²) >= 11 is 0. The number of aliphatic imine (C=N–C) groups is 1. The maximum Gasteiger partial charge on any atom is 0.191 e. The van der Waals surface area contributed by atoms with E-state index in [1.807, 2.05) is 12.1 Å². The lowest BCUT2D eigenvalue weighted by Gasteiger charge is -2.23. The van der Waals surface area contributed by atoms with Crippen molar-refractivity contribution in [2.24, 2.45) is 4.99 Å². The molecule has 0 saturated heterocycles. The number of nitrogens with zero attached hydrogens (tertiary/aromatic N) is 1. The summed E-state index contributed by atoms with van der Waals surface area (Å²) in [5.74, 6) is 1.72. The molecule has 132 valence electrons. The predicted octanol–water partition coefficient (Wildman–Crippen LogP) is 4.32. The normalized spacial score (nSPS) is 11.8. The van der Waals surface area contributed by atoms with Crippen LogP contribution in [-0.4, -0.2) is 25.2 Å². The van der Waals surface area contributed by atoms with Gasteiger partial charge < -0.3 is 15.4 Å². The van der Waals surface area contributed by atoms with E-state index >= 15 is 0 Å². The highest BCUT2D eigenvalue weighted by atomic mass is 127. The summed E-state index contributed by atoms with van der Waals surface area (Å²) in [4.78, 5) is 4.68. The third-order valence-corrected chi connectivity index (χ3v) is 3.37. The second-order valence-electron chi connectivity index (χ2n) is 6.62. The largest absolute Gasteiger partial charge is 0.497 e. The minimum atomic E-state index is -0.0130. The average Bonchev–Trinajstić information content (AvgIpc) is 2.50. The fourth-order valence-electron chi connectivity index (χ4n) is 2.33. The predicted molar refractivity (Wildman–Crippen MR) is 114 cm³/mol. The van der Waals surface area contributed by atoms with E-state index in [0.29, 0.717) is 6.54 Å². The molecule has 0 radical (unpaired) electrons. The molecule has 0 saturated carbocycles. The van der Waals surface area contributed by atoms with Gasteiger partial charge in [-0.3, -0.25) is 0 Å². The van der Waals surface area contributed by atoms with Gasteiger partial charge in [-0.2, -0.15) is 0 Å². The van der Waals surface area contributed by atoms with Crippen molar-refractivity contribution in [3.63, 3.8) is 0 Å². The van der Waals surface area contributed by atoms with Crippen LogP contribution in [0, 0.1) is 0 Å². The molecule has 4 nitrogen and oxygen atoms in total. The van der Waals surface area contributed by atoms with Crippen LogP contribution in [-0.2, 0) is 6.54 Å². The molecule has 2 aromatic carbocycles. The smallest absolute Gasteiger partial charge is 0.191 e. The molecule has 0 aromatic heterocycles. The van der Waals surface area contributed by atoms with Crippen LogP contribution in [0.25, 0.3) is 10.8 Å². The van der Waals surface area contributed by atoms with Crippen LogP contribution in [0.15, 0.2) is 41.4 Å². The summed E-state index contributed by atoms with van der Waals surface area (Å²) in [5.41, 5.74) is 1.18. The summed E-state index contributed by atoms with van der Waals surface area (Å²) in [7, 11) is 1.69. The highest BCUT2D eigenvalue weighted by molar-refractivity contribution is 14.0. The number of halogens is 1. The molecule has 0 heterocycles. The fraction of sp³-hybridized carbons (Fsp3) is 0.421. The van der Waals surface area contributed by atoms with Crippen molar-refractivity contribution in [3.8, 4) is 5.75 Å². The zero-order valence-electron chi connectivity index (χ0n) is 15.1. The Morgan fingerprint density at radius 1 is 1.08 bits per heavy atom. The summed E-state index contributed by atoms with van der Waals surface area (Å²) < 4.78 is 5.27. The van der Waals surface area contributed by atoms with Crippen molar-refractivity contribution in [1.29, 1.82) is 0 Å². The number of fused-ring (bicyclic) bond motifs is 1. The van der Waals surface area contributed by atoms with Gasteiger partial charge in [0.1, 0.15) is 5.75 Å².